The summed E-state index contributed by atoms with van der Waals surface area (Å²) in [5, 5.41) is 0.424. The van der Waals surface area contributed by atoms with E-state index in [-0.39, 0.29) is 16.4 Å². The maximum Gasteiger partial charge on any atom is 0.179 e. The van der Waals surface area contributed by atoms with Crippen LogP contribution >= 0.6 is 11.8 Å². The highest BCUT2D eigenvalue weighted by Gasteiger charge is 2.15. The molecule has 0 radical (unpaired) electrons. The molecule has 0 saturated carbocycles. The van der Waals surface area contributed by atoms with Crippen LogP contribution in [-0.4, -0.2) is 29.9 Å². The van der Waals surface area contributed by atoms with Crippen molar-refractivity contribution >= 4 is 32.6 Å². The van der Waals surface area contributed by atoms with E-state index in [1.807, 2.05) is 0 Å². The Labute approximate surface area is 135 Å². The van der Waals surface area contributed by atoms with E-state index >= 15 is 0 Å². The molecule has 0 bridgehead atoms. The molecular weight excluding hydrogens is 342 g/mol. The standard InChI is InChI=1S/C15H12F2N2O2S2/c16-11-8-13-14(9-12(11)17)19-15(18-13)22-6-7-23(20,21)10-4-2-1-3-5-10/h1-5,8-9H,6-7H2,(H,18,19). The summed E-state index contributed by atoms with van der Waals surface area (Å²) in [5.41, 5.74) is 0.676. The topological polar surface area (TPSA) is 62.8 Å². The number of aromatic nitrogens is 2. The fourth-order valence-corrected chi connectivity index (χ4v) is 4.60. The Hall–Kier alpha value is -1.93. The van der Waals surface area contributed by atoms with Gasteiger partial charge in [-0.1, -0.05) is 30.0 Å². The van der Waals surface area contributed by atoms with Gasteiger partial charge in [-0.25, -0.2) is 22.2 Å². The van der Waals surface area contributed by atoms with Crippen molar-refractivity contribution in [3.8, 4) is 0 Å². The molecule has 0 fully saturated rings. The summed E-state index contributed by atoms with van der Waals surface area (Å²) < 4.78 is 50.6. The van der Waals surface area contributed by atoms with E-state index in [4.69, 9.17) is 0 Å². The van der Waals surface area contributed by atoms with Crippen LogP contribution in [0.2, 0.25) is 0 Å². The van der Waals surface area contributed by atoms with Crippen LogP contribution in [0, 0.1) is 11.6 Å². The predicted octanol–water partition coefficient (Wildman–Crippen LogP) is 3.41. The van der Waals surface area contributed by atoms with E-state index in [0.717, 1.165) is 12.1 Å². The van der Waals surface area contributed by atoms with Crippen LogP contribution in [-0.2, 0) is 9.84 Å². The molecule has 0 amide bonds. The molecule has 0 aliphatic heterocycles. The lowest BCUT2D eigenvalue weighted by Crippen LogP contribution is -2.08. The number of fused-ring (bicyclic) bond motifs is 1. The van der Waals surface area contributed by atoms with Crippen molar-refractivity contribution in [2.75, 3.05) is 11.5 Å². The van der Waals surface area contributed by atoms with Gasteiger partial charge in [0.05, 0.1) is 21.7 Å². The molecule has 0 spiro atoms. The molecule has 0 aliphatic rings. The van der Waals surface area contributed by atoms with E-state index in [2.05, 4.69) is 9.97 Å². The molecule has 4 nitrogen and oxygen atoms in total. The van der Waals surface area contributed by atoms with Gasteiger partial charge in [0.25, 0.3) is 0 Å². The number of nitrogens with zero attached hydrogens (tertiary/aromatic N) is 1. The lowest BCUT2D eigenvalue weighted by Gasteiger charge is -2.02. The average molecular weight is 354 g/mol. The molecule has 1 aromatic heterocycles. The first-order valence-electron chi connectivity index (χ1n) is 6.71. The maximum atomic E-state index is 13.1. The van der Waals surface area contributed by atoms with Gasteiger partial charge >= 0.3 is 0 Å². The fourth-order valence-electron chi connectivity index (χ4n) is 2.04. The van der Waals surface area contributed by atoms with E-state index in [9.17, 15) is 17.2 Å². The molecule has 3 rings (SSSR count). The van der Waals surface area contributed by atoms with Gasteiger partial charge in [-0.2, -0.15) is 0 Å². The quantitative estimate of drug-likeness (QED) is 0.713. The third-order valence-corrected chi connectivity index (χ3v) is 6.06. The van der Waals surface area contributed by atoms with Crippen LogP contribution in [0.4, 0.5) is 8.78 Å². The van der Waals surface area contributed by atoms with Crippen LogP contribution in [0.25, 0.3) is 11.0 Å². The van der Waals surface area contributed by atoms with Crippen molar-refractivity contribution in [1.82, 2.24) is 9.97 Å². The number of hydrogen-bond donors (Lipinski definition) is 1. The van der Waals surface area contributed by atoms with Gasteiger partial charge in [0, 0.05) is 17.9 Å². The van der Waals surface area contributed by atoms with Crippen molar-refractivity contribution in [3.63, 3.8) is 0 Å². The Bertz CT molecular complexity index is 902. The van der Waals surface area contributed by atoms with Gasteiger partial charge in [-0.3, -0.25) is 0 Å². The second-order valence-electron chi connectivity index (χ2n) is 4.81. The van der Waals surface area contributed by atoms with Crippen LogP contribution in [0.1, 0.15) is 0 Å². The monoisotopic (exact) mass is 354 g/mol. The molecule has 3 aromatic rings. The SMILES string of the molecule is O=S(=O)(CCSc1nc2cc(F)c(F)cc2[nH]1)c1ccccc1. The predicted molar refractivity (Wildman–Crippen MR) is 85.2 cm³/mol. The van der Waals surface area contributed by atoms with Crippen molar-refractivity contribution < 1.29 is 17.2 Å². The fraction of sp³-hybridized carbons (Fsp3) is 0.133. The minimum absolute atomic E-state index is 0.0541. The van der Waals surface area contributed by atoms with Gasteiger partial charge in [-0.15, -0.1) is 0 Å². The normalized spacial score (nSPS) is 11.9. The summed E-state index contributed by atoms with van der Waals surface area (Å²) in [6, 6.07) is 10.2. The minimum Gasteiger partial charge on any atom is -0.333 e. The lowest BCUT2D eigenvalue weighted by atomic mass is 10.3. The Balaban J connectivity index is 1.69. The largest absolute Gasteiger partial charge is 0.333 e. The number of sulfone groups is 1. The summed E-state index contributed by atoms with van der Waals surface area (Å²) in [4.78, 5) is 7.23. The second kappa shape index (κ2) is 6.29. The highest BCUT2D eigenvalue weighted by Crippen LogP contribution is 2.22. The van der Waals surface area contributed by atoms with Crippen LogP contribution in [0.3, 0.4) is 0 Å². The second-order valence-corrected chi connectivity index (χ2v) is 8.00. The molecule has 0 unspecified atom stereocenters. The lowest BCUT2D eigenvalue weighted by molar-refractivity contribution is 0.510. The molecule has 120 valence electrons. The zero-order valence-electron chi connectivity index (χ0n) is 11.8. The summed E-state index contributed by atoms with van der Waals surface area (Å²) >= 11 is 1.19. The highest BCUT2D eigenvalue weighted by molar-refractivity contribution is 8.00. The van der Waals surface area contributed by atoms with E-state index in [1.54, 1.807) is 30.3 Å². The molecular formula is C15H12F2N2O2S2. The summed E-state index contributed by atoms with van der Waals surface area (Å²) in [7, 11) is -3.36. The molecule has 0 aliphatic carbocycles. The number of imidazole rings is 1. The Kier molecular flexibility index (Phi) is 4.36. The summed E-state index contributed by atoms with van der Waals surface area (Å²) in [6.45, 7) is 0. The van der Waals surface area contributed by atoms with Crippen molar-refractivity contribution in [2.24, 2.45) is 0 Å². The van der Waals surface area contributed by atoms with Crippen LogP contribution < -0.4 is 0 Å². The molecule has 0 saturated heterocycles. The molecule has 1 N–H and O–H groups in total. The first-order valence-corrected chi connectivity index (χ1v) is 9.35. The third-order valence-electron chi connectivity index (χ3n) is 3.20. The first-order chi connectivity index (χ1) is 11.0. The van der Waals surface area contributed by atoms with Gasteiger partial charge in [0.2, 0.25) is 0 Å². The maximum absolute atomic E-state index is 13.1. The van der Waals surface area contributed by atoms with Crippen LogP contribution in [0.5, 0.6) is 0 Å². The number of benzene rings is 2. The molecule has 0 atom stereocenters. The smallest absolute Gasteiger partial charge is 0.179 e. The molecule has 23 heavy (non-hydrogen) atoms. The Morgan fingerprint density at radius 2 is 1.78 bits per heavy atom. The van der Waals surface area contributed by atoms with E-state index in [0.29, 0.717) is 16.2 Å². The minimum atomic E-state index is -3.36. The number of nitrogens with one attached hydrogen (secondary N) is 1. The third kappa shape index (κ3) is 3.53. The van der Waals surface area contributed by atoms with E-state index < -0.39 is 21.5 Å². The number of hydrogen-bond acceptors (Lipinski definition) is 4. The summed E-state index contributed by atoms with van der Waals surface area (Å²) in [6.07, 6.45) is 0. The first kappa shape index (κ1) is 15.9. The van der Waals surface area contributed by atoms with Crippen molar-refractivity contribution in [3.05, 3.63) is 54.1 Å². The van der Waals surface area contributed by atoms with Gasteiger partial charge in [0.15, 0.2) is 26.6 Å². The van der Waals surface area contributed by atoms with Crippen LogP contribution in [0.15, 0.2) is 52.5 Å². The average Bonchev–Trinajstić information content (AvgIpc) is 2.90. The zero-order valence-corrected chi connectivity index (χ0v) is 13.4. The molecule has 8 heteroatoms. The number of rotatable bonds is 5. The summed E-state index contributed by atoms with van der Waals surface area (Å²) in [5.74, 6) is -1.69. The highest BCUT2D eigenvalue weighted by atomic mass is 32.2. The van der Waals surface area contributed by atoms with Crippen molar-refractivity contribution in [2.45, 2.75) is 10.1 Å². The Morgan fingerprint density at radius 3 is 2.52 bits per heavy atom. The van der Waals surface area contributed by atoms with Gasteiger partial charge in [-0.05, 0) is 12.1 Å². The number of aromatic amines is 1. The molecule has 1 heterocycles. The number of halogens is 2. The Morgan fingerprint density at radius 1 is 1.09 bits per heavy atom. The van der Waals surface area contributed by atoms with Crippen molar-refractivity contribution in [1.29, 1.82) is 0 Å². The zero-order chi connectivity index (χ0) is 16.4. The number of thioether (sulfide) groups is 1. The molecule has 2 aromatic carbocycles. The van der Waals surface area contributed by atoms with Gasteiger partial charge < -0.3 is 4.98 Å². The number of H-pyrrole nitrogens is 1. The van der Waals surface area contributed by atoms with Gasteiger partial charge in [0.1, 0.15) is 0 Å². The van der Waals surface area contributed by atoms with E-state index in [1.165, 1.54) is 11.8 Å².